The van der Waals surface area contributed by atoms with Crippen LogP contribution in [-0.2, 0) is 4.79 Å². The molecule has 0 bridgehead atoms. The average molecular weight is 371 g/mol. The van der Waals surface area contributed by atoms with Crippen LogP contribution in [0.3, 0.4) is 0 Å². The minimum atomic E-state index is -0.0607. The van der Waals surface area contributed by atoms with E-state index in [1.165, 1.54) is 11.8 Å². The van der Waals surface area contributed by atoms with Crippen molar-refractivity contribution in [2.24, 2.45) is 0 Å². The Balaban J connectivity index is 1.86. The Morgan fingerprint density at radius 1 is 1.28 bits per heavy atom. The second-order valence-electron chi connectivity index (χ2n) is 3.38. The number of anilines is 1. The van der Waals surface area contributed by atoms with Crippen LogP contribution in [0.1, 0.15) is 0 Å². The Kier molecular flexibility index (Phi) is 4.94. The first kappa shape index (κ1) is 13.3. The fourth-order valence-electron chi connectivity index (χ4n) is 1.25. The molecule has 2 rings (SSSR count). The van der Waals surface area contributed by atoms with Gasteiger partial charge in [-0.1, -0.05) is 17.8 Å². The van der Waals surface area contributed by atoms with E-state index in [0.29, 0.717) is 10.9 Å². The summed E-state index contributed by atoms with van der Waals surface area (Å²) in [6, 6.07) is 9.41. The van der Waals surface area contributed by atoms with Gasteiger partial charge in [0, 0.05) is 21.7 Å². The second kappa shape index (κ2) is 6.69. The van der Waals surface area contributed by atoms with Crippen molar-refractivity contribution in [2.45, 2.75) is 5.16 Å². The molecular weight excluding hydrogens is 361 g/mol. The molecule has 0 radical (unpaired) electrons. The SMILES string of the molecule is O=C(CSc1ncccn1)Nc1cccc(I)c1. The molecule has 1 aromatic carbocycles. The van der Waals surface area contributed by atoms with Gasteiger partial charge in [-0.15, -0.1) is 0 Å². The highest BCUT2D eigenvalue weighted by atomic mass is 127. The molecule has 0 atom stereocenters. The van der Waals surface area contributed by atoms with Crippen molar-refractivity contribution >= 4 is 45.9 Å². The molecule has 0 unspecified atom stereocenters. The number of halogens is 1. The topological polar surface area (TPSA) is 54.9 Å². The summed E-state index contributed by atoms with van der Waals surface area (Å²) in [4.78, 5) is 19.8. The van der Waals surface area contributed by atoms with Crippen LogP contribution in [-0.4, -0.2) is 21.6 Å². The maximum absolute atomic E-state index is 11.7. The third-order valence-electron chi connectivity index (χ3n) is 1.98. The molecule has 1 N–H and O–H groups in total. The fraction of sp³-hybridized carbons (Fsp3) is 0.0833. The van der Waals surface area contributed by atoms with Crippen molar-refractivity contribution in [1.82, 2.24) is 9.97 Å². The zero-order valence-corrected chi connectivity index (χ0v) is 12.3. The highest BCUT2D eigenvalue weighted by Gasteiger charge is 2.05. The molecule has 18 heavy (non-hydrogen) atoms. The van der Waals surface area contributed by atoms with Crippen LogP contribution in [0.5, 0.6) is 0 Å². The van der Waals surface area contributed by atoms with Gasteiger partial charge in [-0.3, -0.25) is 4.79 Å². The molecule has 1 heterocycles. The lowest BCUT2D eigenvalue weighted by Gasteiger charge is -2.04. The molecule has 4 nitrogen and oxygen atoms in total. The van der Waals surface area contributed by atoms with E-state index in [4.69, 9.17) is 0 Å². The van der Waals surface area contributed by atoms with Crippen LogP contribution in [0.15, 0.2) is 47.9 Å². The molecular formula is C12H10IN3OS. The van der Waals surface area contributed by atoms with Gasteiger partial charge in [0.2, 0.25) is 5.91 Å². The Morgan fingerprint density at radius 3 is 2.78 bits per heavy atom. The predicted molar refractivity (Wildman–Crippen MR) is 80.5 cm³/mol. The van der Waals surface area contributed by atoms with Crippen molar-refractivity contribution in [2.75, 3.05) is 11.1 Å². The largest absolute Gasteiger partial charge is 0.325 e. The van der Waals surface area contributed by atoms with Crippen LogP contribution >= 0.6 is 34.4 Å². The summed E-state index contributed by atoms with van der Waals surface area (Å²) in [5.41, 5.74) is 0.807. The number of benzene rings is 1. The molecule has 92 valence electrons. The number of hydrogen-bond acceptors (Lipinski definition) is 4. The molecule has 0 spiro atoms. The van der Waals surface area contributed by atoms with Crippen molar-refractivity contribution < 1.29 is 4.79 Å². The van der Waals surface area contributed by atoms with Crippen molar-refractivity contribution in [3.8, 4) is 0 Å². The Labute approximate surface area is 123 Å². The number of nitrogens with one attached hydrogen (secondary N) is 1. The van der Waals surface area contributed by atoms with Crippen LogP contribution in [0.25, 0.3) is 0 Å². The standard InChI is InChI=1S/C12H10IN3OS/c13-9-3-1-4-10(7-9)16-11(17)8-18-12-14-5-2-6-15-12/h1-7H,8H2,(H,16,17). The number of aromatic nitrogens is 2. The smallest absolute Gasteiger partial charge is 0.234 e. The monoisotopic (exact) mass is 371 g/mol. The molecule has 0 saturated carbocycles. The Hall–Kier alpha value is -1.15. The average Bonchev–Trinajstić information content (AvgIpc) is 2.38. The highest BCUT2D eigenvalue weighted by molar-refractivity contribution is 14.1. The van der Waals surface area contributed by atoms with Gasteiger partial charge >= 0.3 is 0 Å². The van der Waals surface area contributed by atoms with E-state index in [-0.39, 0.29) is 5.91 Å². The van der Waals surface area contributed by atoms with E-state index in [0.717, 1.165) is 9.26 Å². The van der Waals surface area contributed by atoms with E-state index < -0.39 is 0 Å². The number of carbonyl (C=O) groups excluding carboxylic acids is 1. The lowest BCUT2D eigenvalue weighted by Crippen LogP contribution is -2.14. The van der Waals surface area contributed by atoms with Crippen LogP contribution in [0.4, 0.5) is 5.69 Å². The third kappa shape index (κ3) is 4.26. The molecule has 0 aliphatic rings. The summed E-state index contributed by atoms with van der Waals surface area (Å²) >= 11 is 3.52. The normalized spacial score (nSPS) is 10.1. The number of nitrogens with zero attached hydrogens (tertiary/aromatic N) is 2. The molecule has 1 amide bonds. The second-order valence-corrected chi connectivity index (χ2v) is 5.57. The van der Waals surface area contributed by atoms with E-state index in [2.05, 4.69) is 37.9 Å². The molecule has 0 fully saturated rings. The maximum Gasteiger partial charge on any atom is 0.234 e. The van der Waals surface area contributed by atoms with Crippen LogP contribution in [0, 0.1) is 3.57 Å². The zero-order chi connectivity index (χ0) is 12.8. The Bertz CT molecular complexity index is 536. The van der Waals surface area contributed by atoms with E-state index in [9.17, 15) is 4.79 Å². The summed E-state index contributed by atoms with van der Waals surface area (Å²) in [5.74, 6) is 0.240. The Morgan fingerprint density at radius 2 is 2.06 bits per heavy atom. The molecule has 1 aromatic heterocycles. The maximum atomic E-state index is 11.7. The molecule has 0 aliphatic heterocycles. The number of rotatable bonds is 4. The van der Waals surface area contributed by atoms with Gasteiger partial charge in [0.05, 0.1) is 5.75 Å². The van der Waals surface area contributed by atoms with Gasteiger partial charge < -0.3 is 5.32 Å². The third-order valence-corrected chi connectivity index (χ3v) is 3.53. The summed E-state index contributed by atoms with van der Waals surface area (Å²) < 4.78 is 1.09. The molecule has 0 aliphatic carbocycles. The number of carbonyl (C=O) groups is 1. The minimum absolute atomic E-state index is 0.0607. The number of amides is 1. The first-order chi connectivity index (χ1) is 8.74. The first-order valence-corrected chi connectivity index (χ1v) is 7.26. The minimum Gasteiger partial charge on any atom is -0.325 e. The van der Waals surface area contributed by atoms with Crippen LogP contribution in [0.2, 0.25) is 0 Å². The van der Waals surface area contributed by atoms with E-state index >= 15 is 0 Å². The van der Waals surface area contributed by atoms with Crippen molar-refractivity contribution in [3.05, 3.63) is 46.3 Å². The van der Waals surface area contributed by atoms with Gasteiger partial charge in [0.1, 0.15) is 0 Å². The summed E-state index contributed by atoms with van der Waals surface area (Å²) in [7, 11) is 0. The number of thioether (sulfide) groups is 1. The van der Waals surface area contributed by atoms with E-state index in [1.807, 2.05) is 24.3 Å². The van der Waals surface area contributed by atoms with Gasteiger partial charge in [-0.2, -0.15) is 0 Å². The first-order valence-electron chi connectivity index (χ1n) is 5.19. The van der Waals surface area contributed by atoms with Crippen LogP contribution < -0.4 is 5.32 Å². The van der Waals surface area contributed by atoms with Crippen molar-refractivity contribution in [1.29, 1.82) is 0 Å². The quantitative estimate of drug-likeness (QED) is 0.510. The fourth-order valence-corrected chi connectivity index (χ4v) is 2.40. The predicted octanol–water partition coefficient (Wildman–Crippen LogP) is 2.81. The lowest BCUT2D eigenvalue weighted by atomic mass is 10.3. The molecule has 0 saturated heterocycles. The lowest BCUT2D eigenvalue weighted by molar-refractivity contribution is -0.113. The summed E-state index contributed by atoms with van der Waals surface area (Å²) in [6.45, 7) is 0. The van der Waals surface area contributed by atoms with Gasteiger partial charge in [0.25, 0.3) is 0 Å². The molecule has 2 aromatic rings. The van der Waals surface area contributed by atoms with Gasteiger partial charge in [-0.05, 0) is 46.9 Å². The zero-order valence-electron chi connectivity index (χ0n) is 9.34. The molecule has 6 heteroatoms. The van der Waals surface area contributed by atoms with Gasteiger partial charge in [-0.25, -0.2) is 9.97 Å². The summed E-state index contributed by atoms with van der Waals surface area (Å²) in [6.07, 6.45) is 3.32. The van der Waals surface area contributed by atoms with Crippen molar-refractivity contribution in [3.63, 3.8) is 0 Å². The van der Waals surface area contributed by atoms with E-state index in [1.54, 1.807) is 18.5 Å². The van der Waals surface area contributed by atoms with Gasteiger partial charge in [0.15, 0.2) is 5.16 Å². The summed E-state index contributed by atoms with van der Waals surface area (Å²) in [5, 5.41) is 3.44. The highest BCUT2D eigenvalue weighted by Crippen LogP contribution is 2.14. The number of hydrogen-bond donors (Lipinski definition) is 1.